The van der Waals surface area contributed by atoms with Gasteiger partial charge < -0.3 is 9.47 Å². The van der Waals surface area contributed by atoms with Gasteiger partial charge in [0.15, 0.2) is 0 Å². The molecule has 0 saturated carbocycles. The van der Waals surface area contributed by atoms with Gasteiger partial charge in [-0.05, 0) is 29.6 Å². The molecule has 2 rings (SSSR count). The fourth-order valence-electron chi connectivity index (χ4n) is 1.51. The third-order valence-corrected chi connectivity index (χ3v) is 3.29. The molecule has 2 aromatic rings. The fourth-order valence-corrected chi connectivity index (χ4v) is 2.12. The van der Waals surface area contributed by atoms with Gasteiger partial charge in [-0.1, -0.05) is 12.1 Å². The lowest BCUT2D eigenvalue weighted by molar-refractivity contribution is 0.0477. The molecule has 0 amide bonds. The SMILES string of the molecule is COC(=O)c1cccc(C(=O)OCc2cccs2)c1. The molecule has 98 valence electrons. The predicted molar refractivity (Wildman–Crippen MR) is 71.2 cm³/mol. The van der Waals surface area contributed by atoms with Crippen LogP contribution in [0.3, 0.4) is 0 Å². The lowest BCUT2D eigenvalue weighted by Crippen LogP contribution is -2.07. The zero-order valence-electron chi connectivity index (χ0n) is 10.3. The Kier molecular flexibility index (Phi) is 4.30. The van der Waals surface area contributed by atoms with Gasteiger partial charge in [-0.15, -0.1) is 11.3 Å². The zero-order chi connectivity index (χ0) is 13.7. The van der Waals surface area contributed by atoms with E-state index < -0.39 is 11.9 Å². The van der Waals surface area contributed by atoms with E-state index in [4.69, 9.17) is 4.74 Å². The van der Waals surface area contributed by atoms with E-state index in [0.717, 1.165) is 4.88 Å². The van der Waals surface area contributed by atoms with Crippen molar-refractivity contribution in [1.29, 1.82) is 0 Å². The molecular formula is C14H12O4S. The molecule has 0 aliphatic heterocycles. The molecule has 0 aliphatic carbocycles. The second kappa shape index (κ2) is 6.15. The molecule has 0 radical (unpaired) electrons. The monoisotopic (exact) mass is 276 g/mol. The lowest BCUT2D eigenvalue weighted by Gasteiger charge is -2.05. The van der Waals surface area contributed by atoms with Gasteiger partial charge in [0.25, 0.3) is 0 Å². The predicted octanol–water partition coefficient (Wildman–Crippen LogP) is 2.89. The van der Waals surface area contributed by atoms with Gasteiger partial charge in [0.2, 0.25) is 0 Å². The molecule has 0 saturated heterocycles. The van der Waals surface area contributed by atoms with Crippen LogP contribution in [0.15, 0.2) is 41.8 Å². The van der Waals surface area contributed by atoms with E-state index in [1.165, 1.54) is 24.5 Å². The van der Waals surface area contributed by atoms with Crippen LogP contribution >= 0.6 is 11.3 Å². The minimum absolute atomic E-state index is 0.235. The van der Waals surface area contributed by atoms with Crippen molar-refractivity contribution >= 4 is 23.3 Å². The first-order valence-electron chi connectivity index (χ1n) is 5.58. The molecule has 0 atom stereocenters. The zero-order valence-corrected chi connectivity index (χ0v) is 11.1. The van der Waals surface area contributed by atoms with Crippen LogP contribution in [0, 0.1) is 0 Å². The Morgan fingerprint density at radius 1 is 1.11 bits per heavy atom. The van der Waals surface area contributed by atoms with Crippen LogP contribution in [-0.2, 0) is 16.1 Å². The van der Waals surface area contributed by atoms with Crippen molar-refractivity contribution < 1.29 is 19.1 Å². The van der Waals surface area contributed by atoms with E-state index in [-0.39, 0.29) is 6.61 Å². The third-order valence-electron chi connectivity index (χ3n) is 2.44. The van der Waals surface area contributed by atoms with Crippen LogP contribution in [0.2, 0.25) is 0 Å². The molecule has 0 unspecified atom stereocenters. The normalized spacial score (nSPS) is 9.95. The van der Waals surface area contributed by atoms with Crippen molar-refractivity contribution in [2.75, 3.05) is 7.11 Å². The second-order valence-corrected chi connectivity index (χ2v) is 4.76. The van der Waals surface area contributed by atoms with Crippen molar-refractivity contribution in [3.63, 3.8) is 0 Å². The summed E-state index contributed by atoms with van der Waals surface area (Å²) in [6.45, 7) is 0.235. The van der Waals surface area contributed by atoms with Crippen molar-refractivity contribution in [3.8, 4) is 0 Å². The van der Waals surface area contributed by atoms with Crippen LogP contribution in [0.5, 0.6) is 0 Å². The Balaban J connectivity index is 2.04. The van der Waals surface area contributed by atoms with Gasteiger partial charge in [-0.25, -0.2) is 9.59 Å². The number of esters is 2. The molecule has 1 aromatic heterocycles. The fraction of sp³-hybridized carbons (Fsp3) is 0.143. The Morgan fingerprint density at radius 3 is 2.47 bits per heavy atom. The number of rotatable bonds is 4. The average molecular weight is 276 g/mol. The Bertz CT molecular complexity index is 575. The number of ether oxygens (including phenoxy) is 2. The van der Waals surface area contributed by atoms with E-state index in [1.807, 2.05) is 17.5 Å². The summed E-state index contributed by atoms with van der Waals surface area (Å²) in [7, 11) is 1.30. The maximum Gasteiger partial charge on any atom is 0.338 e. The minimum Gasteiger partial charge on any atom is -0.465 e. The molecule has 0 N–H and O–H groups in total. The van der Waals surface area contributed by atoms with Gasteiger partial charge >= 0.3 is 11.9 Å². The highest BCUT2D eigenvalue weighted by molar-refractivity contribution is 7.09. The van der Waals surface area contributed by atoms with Gasteiger partial charge in [-0.2, -0.15) is 0 Å². The maximum absolute atomic E-state index is 11.8. The van der Waals surface area contributed by atoms with E-state index >= 15 is 0 Å². The van der Waals surface area contributed by atoms with E-state index in [9.17, 15) is 9.59 Å². The molecule has 0 bridgehead atoms. The van der Waals surface area contributed by atoms with Crippen molar-refractivity contribution in [2.24, 2.45) is 0 Å². The second-order valence-electron chi connectivity index (χ2n) is 3.73. The van der Waals surface area contributed by atoms with Crippen molar-refractivity contribution in [2.45, 2.75) is 6.61 Å². The quantitative estimate of drug-likeness (QED) is 0.806. The summed E-state index contributed by atoms with van der Waals surface area (Å²) in [4.78, 5) is 24.2. The van der Waals surface area contributed by atoms with Crippen LogP contribution < -0.4 is 0 Å². The van der Waals surface area contributed by atoms with Gasteiger partial charge in [0, 0.05) is 4.88 Å². The molecule has 4 nitrogen and oxygen atoms in total. The Labute approximate surface area is 114 Å². The summed E-state index contributed by atoms with van der Waals surface area (Å²) in [5, 5.41) is 1.92. The number of hydrogen-bond acceptors (Lipinski definition) is 5. The summed E-state index contributed by atoms with van der Waals surface area (Å²) < 4.78 is 9.76. The van der Waals surface area contributed by atoms with Crippen LogP contribution in [0.1, 0.15) is 25.6 Å². The average Bonchev–Trinajstić information content (AvgIpc) is 2.97. The topological polar surface area (TPSA) is 52.6 Å². The number of hydrogen-bond donors (Lipinski definition) is 0. The first kappa shape index (κ1) is 13.3. The molecule has 1 aromatic carbocycles. The summed E-state index contributed by atoms with van der Waals surface area (Å²) in [6, 6.07) is 10.1. The molecule has 5 heteroatoms. The van der Waals surface area contributed by atoms with Crippen molar-refractivity contribution in [3.05, 3.63) is 57.8 Å². The molecule has 19 heavy (non-hydrogen) atoms. The molecule has 1 heterocycles. The number of carbonyl (C=O) groups is 2. The van der Waals surface area contributed by atoms with Crippen molar-refractivity contribution in [1.82, 2.24) is 0 Å². The number of benzene rings is 1. The molecular weight excluding hydrogens is 264 g/mol. The summed E-state index contributed by atoms with van der Waals surface area (Å²) in [5.74, 6) is -0.938. The van der Waals surface area contributed by atoms with E-state index in [1.54, 1.807) is 18.2 Å². The number of methoxy groups -OCH3 is 1. The van der Waals surface area contributed by atoms with Gasteiger partial charge in [0.1, 0.15) is 6.61 Å². The summed E-state index contributed by atoms with van der Waals surface area (Å²) in [5.41, 5.74) is 0.660. The molecule has 0 fully saturated rings. The Morgan fingerprint density at radius 2 is 1.84 bits per heavy atom. The highest BCUT2D eigenvalue weighted by atomic mass is 32.1. The molecule has 0 spiro atoms. The van der Waals surface area contributed by atoms with E-state index in [2.05, 4.69) is 4.74 Å². The Hall–Kier alpha value is -2.14. The maximum atomic E-state index is 11.8. The van der Waals surface area contributed by atoms with Crippen LogP contribution in [-0.4, -0.2) is 19.0 Å². The van der Waals surface area contributed by atoms with Crippen LogP contribution in [0.25, 0.3) is 0 Å². The first-order valence-corrected chi connectivity index (χ1v) is 6.46. The minimum atomic E-state index is -0.479. The molecule has 0 aliphatic rings. The number of thiophene rings is 1. The van der Waals surface area contributed by atoms with Crippen LogP contribution in [0.4, 0.5) is 0 Å². The van der Waals surface area contributed by atoms with E-state index in [0.29, 0.717) is 11.1 Å². The van der Waals surface area contributed by atoms with Gasteiger partial charge in [0.05, 0.1) is 18.2 Å². The summed E-state index contributed by atoms with van der Waals surface area (Å²) in [6.07, 6.45) is 0. The summed E-state index contributed by atoms with van der Waals surface area (Å²) >= 11 is 1.52. The third kappa shape index (κ3) is 3.42. The standard InChI is InChI=1S/C14H12O4S/c1-17-13(15)10-4-2-5-11(8-10)14(16)18-9-12-6-3-7-19-12/h2-8H,9H2,1H3. The smallest absolute Gasteiger partial charge is 0.338 e. The highest BCUT2D eigenvalue weighted by Crippen LogP contribution is 2.12. The number of carbonyl (C=O) groups excluding carboxylic acids is 2. The van der Waals surface area contributed by atoms with Gasteiger partial charge in [-0.3, -0.25) is 0 Å². The largest absolute Gasteiger partial charge is 0.465 e. The highest BCUT2D eigenvalue weighted by Gasteiger charge is 2.11. The first-order chi connectivity index (χ1) is 9.20. The lowest BCUT2D eigenvalue weighted by atomic mass is 10.1.